The zero-order valence-corrected chi connectivity index (χ0v) is 11.8. The molecule has 17 heavy (non-hydrogen) atoms. The third kappa shape index (κ3) is 3.28. The van der Waals surface area contributed by atoms with Crippen LogP contribution in [0.4, 0.5) is 11.4 Å². The van der Waals surface area contributed by atoms with E-state index in [-0.39, 0.29) is 5.43 Å². The van der Waals surface area contributed by atoms with Gasteiger partial charge in [0.05, 0.1) is 5.69 Å². The normalized spacial score (nSPS) is 10.8. The SMILES string of the molecule is CCCCCCNc1c(N(C)CC)c(=S)c1=O. The minimum absolute atomic E-state index is 0.00536. The second-order valence-electron chi connectivity index (χ2n) is 4.38. The largest absolute Gasteiger partial charge is 0.380 e. The van der Waals surface area contributed by atoms with Crippen molar-refractivity contribution in [3.63, 3.8) is 0 Å². The van der Waals surface area contributed by atoms with Gasteiger partial charge in [0.2, 0.25) is 5.43 Å². The first-order valence-corrected chi connectivity index (χ1v) is 6.82. The Bertz CT molecular complexity index is 421. The van der Waals surface area contributed by atoms with Gasteiger partial charge in [-0.05, 0) is 13.3 Å². The topological polar surface area (TPSA) is 32.3 Å². The first-order valence-electron chi connectivity index (χ1n) is 6.41. The molecule has 3 nitrogen and oxygen atoms in total. The van der Waals surface area contributed by atoms with Crippen LogP contribution in [0.3, 0.4) is 0 Å². The zero-order chi connectivity index (χ0) is 12.8. The molecule has 1 aromatic rings. The number of anilines is 2. The number of rotatable bonds is 8. The molecule has 0 saturated carbocycles. The van der Waals surface area contributed by atoms with E-state index in [1.54, 1.807) is 0 Å². The van der Waals surface area contributed by atoms with Gasteiger partial charge in [0.15, 0.2) is 0 Å². The molecule has 1 rings (SSSR count). The average Bonchev–Trinajstić information content (AvgIpc) is 2.35. The van der Waals surface area contributed by atoms with Crippen molar-refractivity contribution in [1.29, 1.82) is 0 Å². The van der Waals surface area contributed by atoms with Crippen LogP contribution < -0.4 is 15.6 Å². The third-order valence-corrected chi connectivity index (χ3v) is 3.45. The van der Waals surface area contributed by atoms with Crippen molar-refractivity contribution in [3.05, 3.63) is 14.7 Å². The molecule has 0 bridgehead atoms. The van der Waals surface area contributed by atoms with Gasteiger partial charge in [-0.25, -0.2) is 0 Å². The molecule has 0 fully saturated rings. The minimum Gasteiger partial charge on any atom is -0.380 e. The highest BCUT2D eigenvalue weighted by Crippen LogP contribution is 2.26. The van der Waals surface area contributed by atoms with Crippen LogP contribution in [0, 0.1) is 4.51 Å². The summed E-state index contributed by atoms with van der Waals surface area (Å²) in [5, 5.41) is 3.22. The molecule has 1 aromatic carbocycles. The summed E-state index contributed by atoms with van der Waals surface area (Å²) in [6.07, 6.45) is 4.82. The maximum absolute atomic E-state index is 11.6. The molecule has 0 aliphatic heterocycles. The highest BCUT2D eigenvalue weighted by molar-refractivity contribution is 7.71. The lowest BCUT2D eigenvalue weighted by Gasteiger charge is -2.23. The van der Waals surface area contributed by atoms with Crippen molar-refractivity contribution in [2.45, 2.75) is 39.5 Å². The Morgan fingerprint density at radius 1 is 1.24 bits per heavy atom. The van der Waals surface area contributed by atoms with Crippen LogP contribution in [-0.4, -0.2) is 20.1 Å². The fraction of sp³-hybridized carbons (Fsp3) is 0.692. The van der Waals surface area contributed by atoms with Crippen molar-refractivity contribution < 1.29 is 0 Å². The second kappa shape index (κ2) is 6.74. The van der Waals surface area contributed by atoms with E-state index in [4.69, 9.17) is 12.2 Å². The van der Waals surface area contributed by atoms with Gasteiger partial charge in [-0.2, -0.15) is 0 Å². The first kappa shape index (κ1) is 14.2. The Morgan fingerprint density at radius 2 is 1.94 bits per heavy atom. The maximum atomic E-state index is 11.6. The van der Waals surface area contributed by atoms with E-state index in [9.17, 15) is 4.79 Å². The van der Waals surface area contributed by atoms with Crippen molar-refractivity contribution in [2.24, 2.45) is 0 Å². The summed E-state index contributed by atoms with van der Waals surface area (Å²) in [5.41, 5.74) is 1.64. The lowest BCUT2D eigenvalue weighted by Crippen LogP contribution is -2.28. The first-order chi connectivity index (χ1) is 8.13. The molecule has 0 spiro atoms. The summed E-state index contributed by atoms with van der Waals surface area (Å²) in [6, 6.07) is 0. The highest BCUT2D eigenvalue weighted by Gasteiger charge is 2.19. The summed E-state index contributed by atoms with van der Waals surface area (Å²) in [7, 11) is 1.97. The monoisotopic (exact) mass is 254 g/mol. The van der Waals surface area contributed by atoms with E-state index in [0.29, 0.717) is 4.51 Å². The Labute approximate surface area is 109 Å². The molecule has 0 amide bonds. The van der Waals surface area contributed by atoms with Gasteiger partial charge >= 0.3 is 0 Å². The van der Waals surface area contributed by atoms with Crippen LogP contribution in [0.1, 0.15) is 39.5 Å². The Morgan fingerprint density at radius 3 is 2.53 bits per heavy atom. The fourth-order valence-corrected chi connectivity index (χ4v) is 2.19. The van der Waals surface area contributed by atoms with Crippen LogP contribution in [0.2, 0.25) is 0 Å². The van der Waals surface area contributed by atoms with Crippen molar-refractivity contribution in [2.75, 3.05) is 30.4 Å². The van der Waals surface area contributed by atoms with Gasteiger partial charge < -0.3 is 10.2 Å². The summed E-state index contributed by atoms with van der Waals surface area (Å²) in [5.74, 6) is 0. The molecule has 0 aromatic heterocycles. The van der Waals surface area contributed by atoms with E-state index in [1.807, 2.05) is 11.9 Å². The zero-order valence-electron chi connectivity index (χ0n) is 11.0. The van der Waals surface area contributed by atoms with Gasteiger partial charge in [0.25, 0.3) is 0 Å². The predicted octanol–water partition coefficient (Wildman–Crippen LogP) is 3.10. The lowest BCUT2D eigenvalue weighted by molar-refractivity contribution is 0.684. The lowest BCUT2D eigenvalue weighted by atomic mass is 10.1. The number of nitrogens with zero attached hydrogens (tertiary/aromatic N) is 1. The van der Waals surface area contributed by atoms with Crippen molar-refractivity contribution in [1.82, 2.24) is 0 Å². The number of unbranched alkanes of at least 4 members (excludes halogenated alkanes) is 3. The summed E-state index contributed by atoms with van der Waals surface area (Å²) >= 11 is 5.08. The van der Waals surface area contributed by atoms with Crippen LogP contribution in [0.25, 0.3) is 0 Å². The van der Waals surface area contributed by atoms with Crippen LogP contribution in [0.15, 0.2) is 4.79 Å². The quantitative estimate of drug-likeness (QED) is 0.571. The van der Waals surface area contributed by atoms with E-state index in [1.165, 1.54) is 19.3 Å². The van der Waals surface area contributed by atoms with E-state index in [2.05, 4.69) is 19.2 Å². The summed E-state index contributed by atoms with van der Waals surface area (Å²) in [6.45, 7) is 5.98. The third-order valence-electron chi connectivity index (χ3n) is 3.07. The molecule has 0 radical (unpaired) electrons. The van der Waals surface area contributed by atoms with Gasteiger partial charge in [0.1, 0.15) is 10.2 Å². The molecular weight excluding hydrogens is 232 g/mol. The molecule has 0 atom stereocenters. The van der Waals surface area contributed by atoms with Crippen molar-refractivity contribution in [3.8, 4) is 0 Å². The maximum Gasteiger partial charge on any atom is 0.223 e. The average molecular weight is 254 g/mol. The van der Waals surface area contributed by atoms with E-state index >= 15 is 0 Å². The van der Waals surface area contributed by atoms with E-state index in [0.717, 1.165) is 30.9 Å². The Balaban J connectivity index is 2.51. The molecule has 0 heterocycles. The molecular formula is C13H22N2OS. The molecule has 0 saturated heterocycles. The Kier molecular flexibility index (Phi) is 5.62. The standard InChI is InChI=1S/C13H22N2OS/c1-4-6-7-8-9-14-10-11(15(3)5-2)13(17)12(10)16/h14H,4-9H2,1-3H3. The predicted molar refractivity (Wildman–Crippen MR) is 77.5 cm³/mol. The summed E-state index contributed by atoms with van der Waals surface area (Å²) < 4.78 is 0.477. The summed E-state index contributed by atoms with van der Waals surface area (Å²) in [4.78, 5) is 13.6. The second-order valence-corrected chi connectivity index (χ2v) is 4.79. The fourth-order valence-electron chi connectivity index (χ4n) is 1.83. The smallest absolute Gasteiger partial charge is 0.223 e. The molecule has 0 aliphatic carbocycles. The van der Waals surface area contributed by atoms with Crippen molar-refractivity contribution >= 4 is 23.6 Å². The van der Waals surface area contributed by atoms with Gasteiger partial charge in [-0.1, -0.05) is 38.4 Å². The van der Waals surface area contributed by atoms with Gasteiger partial charge in [0, 0.05) is 20.1 Å². The minimum atomic E-state index is 0.00536. The molecule has 0 unspecified atom stereocenters. The van der Waals surface area contributed by atoms with Crippen LogP contribution >= 0.6 is 12.2 Å². The molecule has 4 heteroatoms. The van der Waals surface area contributed by atoms with Gasteiger partial charge in [-0.15, -0.1) is 0 Å². The number of hydrogen-bond acceptors (Lipinski definition) is 4. The highest BCUT2D eigenvalue weighted by atomic mass is 32.1. The van der Waals surface area contributed by atoms with E-state index < -0.39 is 0 Å². The number of nitrogens with one attached hydrogen (secondary N) is 1. The van der Waals surface area contributed by atoms with Gasteiger partial charge in [-0.3, -0.25) is 4.79 Å². The number of hydrogen-bond donors (Lipinski definition) is 1. The Hall–Kier alpha value is -0.900. The van der Waals surface area contributed by atoms with Crippen LogP contribution in [-0.2, 0) is 0 Å². The molecule has 1 N–H and O–H groups in total. The van der Waals surface area contributed by atoms with Crippen LogP contribution in [0.5, 0.6) is 0 Å². The molecule has 0 aliphatic rings. The molecule has 96 valence electrons.